The Morgan fingerprint density at radius 3 is 2.15 bits per heavy atom. The molecule has 10 nitrogen and oxygen atoms in total. The van der Waals surface area contributed by atoms with Crippen molar-refractivity contribution in [3.8, 4) is 23.0 Å². The van der Waals surface area contributed by atoms with E-state index < -0.39 is 6.04 Å². The minimum Gasteiger partial charge on any atom is -0.497 e. The van der Waals surface area contributed by atoms with Crippen LogP contribution in [-0.4, -0.2) is 77.8 Å². The molecule has 3 aromatic rings. The van der Waals surface area contributed by atoms with Crippen molar-refractivity contribution in [3.63, 3.8) is 0 Å². The summed E-state index contributed by atoms with van der Waals surface area (Å²) in [6, 6.07) is 19.0. The van der Waals surface area contributed by atoms with Crippen molar-refractivity contribution in [1.29, 1.82) is 0 Å². The van der Waals surface area contributed by atoms with E-state index in [0.717, 1.165) is 34.1 Å². The normalized spacial score (nSPS) is 18.9. The molecule has 47 heavy (non-hydrogen) atoms. The number of para-hydroxylation sites is 2. The monoisotopic (exact) mass is 640 g/mol. The minimum absolute atomic E-state index is 0.00809. The van der Waals surface area contributed by atoms with Crippen LogP contribution in [0, 0.1) is 5.41 Å². The highest BCUT2D eigenvalue weighted by Crippen LogP contribution is 2.51. The number of nitrogens with zero attached hydrogens (tertiary/aromatic N) is 3. The van der Waals surface area contributed by atoms with Gasteiger partial charge in [-0.3, -0.25) is 9.59 Å². The Morgan fingerprint density at radius 1 is 0.830 bits per heavy atom. The summed E-state index contributed by atoms with van der Waals surface area (Å²) in [5.74, 6) is 2.43. The van der Waals surface area contributed by atoms with Crippen LogP contribution in [0.3, 0.4) is 0 Å². The molecule has 1 saturated heterocycles. The molecule has 0 bridgehead atoms. The fraction of sp³-hybridized carbons (Fsp3) is 0.405. The van der Waals surface area contributed by atoms with Crippen molar-refractivity contribution in [2.24, 2.45) is 5.41 Å². The van der Waals surface area contributed by atoms with Gasteiger partial charge in [-0.2, -0.15) is 0 Å². The Bertz CT molecular complexity index is 1680. The second kappa shape index (κ2) is 13.1. The number of methoxy groups -OCH3 is 4. The van der Waals surface area contributed by atoms with Gasteiger partial charge in [0, 0.05) is 61.2 Å². The number of rotatable bonds is 8. The predicted octanol–water partition coefficient (Wildman–Crippen LogP) is 5.69. The first kappa shape index (κ1) is 32.1. The smallest absolute Gasteiger partial charge is 0.242 e. The molecule has 1 aliphatic carbocycles. The third-order valence-corrected chi connectivity index (χ3v) is 9.41. The highest BCUT2D eigenvalue weighted by atomic mass is 16.5. The van der Waals surface area contributed by atoms with Crippen molar-refractivity contribution in [2.45, 2.75) is 32.7 Å². The van der Waals surface area contributed by atoms with Crippen LogP contribution < -0.4 is 34.1 Å². The first-order valence-corrected chi connectivity index (χ1v) is 16.0. The SMILES string of the molecule is COc1ccc(N2CCN(C(=O)CN3c4ccccc4NC4=C(C(=O)CC(C)(C)C4)C3c3cc(OC)c(OC)cc3OC)CC2)cc1. The molecule has 2 aliphatic heterocycles. The fourth-order valence-electron chi connectivity index (χ4n) is 7.07. The topological polar surface area (TPSA) is 92.8 Å². The van der Waals surface area contributed by atoms with Gasteiger partial charge in [-0.05, 0) is 54.3 Å². The number of anilines is 3. The van der Waals surface area contributed by atoms with E-state index in [1.54, 1.807) is 34.5 Å². The lowest BCUT2D eigenvalue weighted by Crippen LogP contribution is -2.52. The maximum absolute atomic E-state index is 14.3. The number of fused-ring (bicyclic) bond motifs is 1. The van der Waals surface area contributed by atoms with Gasteiger partial charge >= 0.3 is 0 Å². The molecule has 0 aromatic heterocycles. The maximum Gasteiger partial charge on any atom is 0.242 e. The summed E-state index contributed by atoms with van der Waals surface area (Å²) in [6.45, 7) is 6.90. The van der Waals surface area contributed by atoms with Crippen LogP contribution >= 0.6 is 0 Å². The number of ether oxygens (including phenoxy) is 4. The summed E-state index contributed by atoms with van der Waals surface area (Å²) < 4.78 is 22.6. The van der Waals surface area contributed by atoms with Gasteiger partial charge in [0.25, 0.3) is 0 Å². The standard InChI is InChI=1S/C37H44N4O6/c1-37(2)21-28-35(30(42)22-37)36(26-19-32(46-5)33(47-6)20-31(26)45-4)41(29-10-8-7-9-27(29)38-28)23-34(43)40-17-15-39(16-18-40)24-11-13-25(44-3)14-12-24/h7-14,19-20,36,38H,15-18,21-23H2,1-6H3. The Kier molecular flexibility index (Phi) is 8.94. The van der Waals surface area contributed by atoms with E-state index in [1.807, 2.05) is 59.5 Å². The third-order valence-electron chi connectivity index (χ3n) is 9.41. The predicted molar refractivity (Wildman–Crippen MR) is 183 cm³/mol. The first-order chi connectivity index (χ1) is 22.7. The van der Waals surface area contributed by atoms with Crippen LogP contribution in [0.4, 0.5) is 17.1 Å². The van der Waals surface area contributed by atoms with E-state index in [2.05, 4.69) is 29.0 Å². The number of carbonyl (C=O) groups is 2. The Morgan fingerprint density at radius 2 is 1.49 bits per heavy atom. The summed E-state index contributed by atoms with van der Waals surface area (Å²) in [5.41, 5.74) is 4.79. The number of piperazine rings is 1. The number of hydrogen-bond acceptors (Lipinski definition) is 9. The van der Waals surface area contributed by atoms with Crippen LogP contribution in [0.5, 0.6) is 23.0 Å². The molecule has 0 radical (unpaired) electrons. The van der Waals surface area contributed by atoms with Gasteiger partial charge in [0.2, 0.25) is 5.91 Å². The molecule has 1 unspecified atom stereocenters. The summed E-state index contributed by atoms with van der Waals surface area (Å²) in [7, 11) is 6.43. The van der Waals surface area contributed by atoms with Gasteiger partial charge in [0.15, 0.2) is 17.3 Å². The number of amides is 1. The van der Waals surface area contributed by atoms with Crippen LogP contribution in [-0.2, 0) is 9.59 Å². The van der Waals surface area contributed by atoms with E-state index in [1.165, 1.54) is 0 Å². The number of carbonyl (C=O) groups excluding carboxylic acids is 2. The van der Waals surface area contributed by atoms with Gasteiger partial charge in [0.1, 0.15) is 11.5 Å². The maximum atomic E-state index is 14.3. The first-order valence-electron chi connectivity index (χ1n) is 16.0. The Balaban J connectivity index is 1.40. The Hall–Kier alpha value is -4.86. The molecule has 0 spiro atoms. The molecule has 10 heteroatoms. The molecule has 3 aromatic carbocycles. The van der Waals surface area contributed by atoms with Crippen LogP contribution in [0.25, 0.3) is 0 Å². The van der Waals surface area contributed by atoms with Crippen molar-refractivity contribution in [1.82, 2.24) is 4.90 Å². The van der Waals surface area contributed by atoms with Crippen LogP contribution in [0.1, 0.15) is 38.3 Å². The average molecular weight is 641 g/mol. The fourth-order valence-corrected chi connectivity index (χ4v) is 7.07. The van der Waals surface area contributed by atoms with Gasteiger partial charge in [0.05, 0.1) is 52.4 Å². The quantitative estimate of drug-likeness (QED) is 0.334. The molecule has 248 valence electrons. The molecule has 1 amide bonds. The lowest BCUT2D eigenvalue weighted by Gasteiger charge is -2.40. The highest BCUT2D eigenvalue weighted by Gasteiger charge is 2.43. The zero-order valence-corrected chi connectivity index (χ0v) is 28.1. The number of hydrogen-bond donors (Lipinski definition) is 1. The summed E-state index contributed by atoms with van der Waals surface area (Å²) >= 11 is 0. The van der Waals surface area contributed by atoms with Gasteiger partial charge in [-0.1, -0.05) is 26.0 Å². The highest BCUT2D eigenvalue weighted by molar-refractivity contribution is 6.02. The van der Waals surface area contributed by atoms with Crippen molar-refractivity contribution in [2.75, 3.05) is 76.3 Å². The Labute approximate surface area is 276 Å². The zero-order valence-electron chi connectivity index (χ0n) is 28.1. The molecule has 1 atom stereocenters. The lowest BCUT2D eigenvalue weighted by molar-refractivity contribution is -0.130. The second-order valence-corrected chi connectivity index (χ2v) is 13.0. The number of benzene rings is 3. The molecular weight excluding hydrogens is 596 g/mol. The molecule has 6 rings (SSSR count). The van der Waals surface area contributed by atoms with Crippen molar-refractivity contribution >= 4 is 28.8 Å². The average Bonchev–Trinajstić information content (AvgIpc) is 3.21. The number of Topliss-reactive ketones (excluding diaryl/α,β-unsaturated/α-hetero) is 1. The summed E-state index contributed by atoms with van der Waals surface area (Å²) in [4.78, 5) is 34.8. The van der Waals surface area contributed by atoms with Crippen LogP contribution in [0.15, 0.2) is 71.9 Å². The number of ketones is 1. The van der Waals surface area contributed by atoms with Crippen molar-refractivity contribution < 1.29 is 28.5 Å². The number of allylic oxidation sites excluding steroid dienone is 1. The number of nitrogens with one attached hydrogen (secondary N) is 1. The van der Waals surface area contributed by atoms with Gasteiger partial charge < -0.3 is 39.0 Å². The molecular formula is C37H44N4O6. The van der Waals surface area contributed by atoms with Gasteiger partial charge in [-0.25, -0.2) is 0 Å². The lowest BCUT2D eigenvalue weighted by atomic mass is 9.73. The van der Waals surface area contributed by atoms with Crippen molar-refractivity contribution in [3.05, 3.63) is 77.5 Å². The van der Waals surface area contributed by atoms with E-state index in [9.17, 15) is 9.59 Å². The molecule has 3 aliphatic rings. The summed E-state index contributed by atoms with van der Waals surface area (Å²) in [6.07, 6.45) is 1.08. The van der Waals surface area contributed by atoms with E-state index in [0.29, 0.717) is 61.8 Å². The molecule has 1 fully saturated rings. The van der Waals surface area contributed by atoms with E-state index >= 15 is 0 Å². The second-order valence-electron chi connectivity index (χ2n) is 13.0. The third kappa shape index (κ3) is 6.28. The zero-order chi connectivity index (χ0) is 33.3. The van der Waals surface area contributed by atoms with Crippen LogP contribution in [0.2, 0.25) is 0 Å². The molecule has 2 heterocycles. The largest absolute Gasteiger partial charge is 0.497 e. The van der Waals surface area contributed by atoms with Gasteiger partial charge in [-0.15, -0.1) is 0 Å². The van der Waals surface area contributed by atoms with E-state index in [4.69, 9.17) is 18.9 Å². The molecule has 0 saturated carbocycles. The minimum atomic E-state index is -0.621. The molecule has 1 N–H and O–H groups in total. The van der Waals surface area contributed by atoms with E-state index in [-0.39, 0.29) is 23.7 Å². The summed E-state index contributed by atoms with van der Waals surface area (Å²) in [5, 5.41) is 3.63.